The zero-order chi connectivity index (χ0) is 18.0. The third kappa shape index (κ3) is 3.81. The molecule has 0 saturated carbocycles. The molecule has 3 aromatic rings. The fraction of sp³-hybridized carbons (Fsp3) is 0.118. The molecule has 8 heteroatoms. The van der Waals surface area contributed by atoms with E-state index < -0.39 is 0 Å². The largest absolute Gasteiger partial charge is 0.323 e. The summed E-state index contributed by atoms with van der Waals surface area (Å²) >= 11 is 13.2. The van der Waals surface area contributed by atoms with E-state index in [-0.39, 0.29) is 17.2 Å². The molecule has 1 heterocycles. The van der Waals surface area contributed by atoms with Gasteiger partial charge in [0.1, 0.15) is 0 Å². The molecule has 128 valence electrons. The highest BCUT2D eigenvalue weighted by atomic mass is 35.5. The van der Waals surface area contributed by atoms with Crippen LogP contribution in [0.2, 0.25) is 10.0 Å². The number of fused-ring (bicyclic) bond motifs is 1. The average molecular weight is 394 g/mol. The van der Waals surface area contributed by atoms with Gasteiger partial charge >= 0.3 is 0 Å². The molecule has 0 spiro atoms. The fourth-order valence-corrected chi connectivity index (χ4v) is 3.51. The van der Waals surface area contributed by atoms with Gasteiger partial charge in [0.25, 0.3) is 5.56 Å². The van der Waals surface area contributed by atoms with Crippen molar-refractivity contribution in [3.05, 3.63) is 62.9 Å². The van der Waals surface area contributed by atoms with E-state index in [0.717, 1.165) is 0 Å². The van der Waals surface area contributed by atoms with Crippen LogP contribution >= 0.6 is 35.0 Å². The summed E-state index contributed by atoms with van der Waals surface area (Å²) in [5.74, 6) is -0.220. The van der Waals surface area contributed by atoms with E-state index in [1.165, 1.54) is 16.3 Å². The number of carbonyl (C=O) groups is 1. The smallest absolute Gasteiger partial charge is 0.261 e. The molecule has 0 saturated heterocycles. The van der Waals surface area contributed by atoms with Crippen molar-refractivity contribution in [1.82, 2.24) is 9.55 Å². The predicted octanol–water partition coefficient (Wildman–Crippen LogP) is 3.97. The number of carbonyl (C=O) groups excluding carboxylic acids is 1. The van der Waals surface area contributed by atoms with Crippen molar-refractivity contribution in [2.75, 3.05) is 11.1 Å². The average Bonchev–Trinajstić information content (AvgIpc) is 2.60. The van der Waals surface area contributed by atoms with Gasteiger partial charge < -0.3 is 5.32 Å². The number of thioether (sulfide) groups is 1. The number of para-hydroxylation sites is 2. The highest BCUT2D eigenvalue weighted by Gasteiger charge is 2.13. The summed E-state index contributed by atoms with van der Waals surface area (Å²) in [5.41, 5.74) is 0.821. The monoisotopic (exact) mass is 393 g/mol. The maximum atomic E-state index is 12.3. The minimum Gasteiger partial charge on any atom is -0.323 e. The summed E-state index contributed by atoms with van der Waals surface area (Å²) in [5, 5.41) is 4.41. The van der Waals surface area contributed by atoms with E-state index in [4.69, 9.17) is 23.2 Å². The predicted molar refractivity (Wildman–Crippen MR) is 103 cm³/mol. The lowest BCUT2D eigenvalue weighted by molar-refractivity contribution is -0.113. The Kier molecular flexibility index (Phi) is 5.32. The number of rotatable bonds is 4. The van der Waals surface area contributed by atoms with Crippen molar-refractivity contribution >= 4 is 57.5 Å². The maximum Gasteiger partial charge on any atom is 0.261 e. The minimum absolute atomic E-state index is 0.0696. The number of hydrogen-bond donors (Lipinski definition) is 1. The Bertz CT molecular complexity index is 1000. The Hall–Kier alpha value is -2.02. The fourth-order valence-electron chi connectivity index (χ4n) is 2.25. The maximum absolute atomic E-state index is 12.3. The standard InChI is InChI=1S/C17H13Cl2N3O2S/c1-22-16(24)10-5-2-3-8-13(10)20-17(22)25-9-14(23)21-15-11(18)6-4-7-12(15)19/h2-8H,9H2,1H3,(H,21,23). The van der Waals surface area contributed by atoms with Gasteiger partial charge in [-0.15, -0.1) is 0 Å². The highest BCUT2D eigenvalue weighted by Crippen LogP contribution is 2.30. The molecule has 0 aliphatic rings. The van der Waals surface area contributed by atoms with E-state index in [2.05, 4.69) is 10.3 Å². The van der Waals surface area contributed by atoms with Crippen molar-refractivity contribution in [2.24, 2.45) is 7.05 Å². The van der Waals surface area contributed by atoms with Crippen LogP contribution in [0.1, 0.15) is 0 Å². The highest BCUT2D eigenvalue weighted by molar-refractivity contribution is 7.99. The molecular weight excluding hydrogens is 381 g/mol. The second-order valence-electron chi connectivity index (χ2n) is 5.21. The van der Waals surface area contributed by atoms with Crippen molar-refractivity contribution < 1.29 is 4.79 Å². The van der Waals surface area contributed by atoms with Gasteiger partial charge in [-0.1, -0.05) is 53.2 Å². The Morgan fingerprint density at radius 1 is 1.16 bits per heavy atom. The molecule has 25 heavy (non-hydrogen) atoms. The van der Waals surface area contributed by atoms with Gasteiger partial charge in [-0.25, -0.2) is 4.98 Å². The zero-order valence-electron chi connectivity index (χ0n) is 13.1. The Morgan fingerprint density at radius 2 is 1.84 bits per heavy atom. The molecule has 5 nitrogen and oxygen atoms in total. The quantitative estimate of drug-likeness (QED) is 0.537. The van der Waals surface area contributed by atoms with Crippen LogP contribution in [0.3, 0.4) is 0 Å². The summed E-state index contributed by atoms with van der Waals surface area (Å²) in [4.78, 5) is 29.0. The first-order valence-corrected chi connectivity index (χ1v) is 9.04. The number of amides is 1. The summed E-state index contributed by atoms with van der Waals surface area (Å²) in [7, 11) is 1.63. The summed E-state index contributed by atoms with van der Waals surface area (Å²) < 4.78 is 1.43. The lowest BCUT2D eigenvalue weighted by Crippen LogP contribution is -2.21. The number of hydrogen-bond acceptors (Lipinski definition) is 4. The molecule has 0 unspecified atom stereocenters. The van der Waals surface area contributed by atoms with Gasteiger partial charge in [0.05, 0.1) is 32.4 Å². The minimum atomic E-state index is -0.289. The van der Waals surface area contributed by atoms with Crippen LogP contribution in [0.15, 0.2) is 52.4 Å². The number of nitrogens with one attached hydrogen (secondary N) is 1. The second kappa shape index (κ2) is 7.47. The van der Waals surface area contributed by atoms with Crippen molar-refractivity contribution in [2.45, 2.75) is 5.16 Å². The van der Waals surface area contributed by atoms with E-state index in [1.54, 1.807) is 43.4 Å². The molecule has 0 fully saturated rings. The molecule has 0 radical (unpaired) electrons. The molecule has 0 atom stereocenters. The second-order valence-corrected chi connectivity index (χ2v) is 6.97. The number of anilines is 1. The Morgan fingerprint density at radius 3 is 2.56 bits per heavy atom. The van der Waals surface area contributed by atoms with Crippen molar-refractivity contribution in [1.29, 1.82) is 0 Å². The van der Waals surface area contributed by atoms with Crippen LogP contribution in [0.4, 0.5) is 5.69 Å². The molecule has 1 aromatic heterocycles. The third-order valence-electron chi connectivity index (χ3n) is 3.50. The lowest BCUT2D eigenvalue weighted by Gasteiger charge is -2.10. The number of aromatic nitrogens is 2. The van der Waals surface area contributed by atoms with Gasteiger partial charge in [-0.2, -0.15) is 0 Å². The molecular formula is C17H13Cl2N3O2S. The van der Waals surface area contributed by atoms with Crippen LogP contribution < -0.4 is 10.9 Å². The third-order valence-corrected chi connectivity index (χ3v) is 5.16. The van der Waals surface area contributed by atoms with E-state index >= 15 is 0 Å². The van der Waals surface area contributed by atoms with Gasteiger partial charge in [-0.05, 0) is 24.3 Å². The number of halogens is 2. The first kappa shape index (κ1) is 17.8. The van der Waals surface area contributed by atoms with Crippen LogP contribution in [-0.2, 0) is 11.8 Å². The Labute approximate surface area is 158 Å². The van der Waals surface area contributed by atoms with Gasteiger partial charge in [0, 0.05) is 7.05 Å². The molecule has 1 amide bonds. The van der Waals surface area contributed by atoms with Crippen LogP contribution in [0.5, 0.6) is 0 Å². The first-order valence-electron chi connectivity index (χ1n) is 7.30. The van der Waals surface area contributed by atoms with E-state index in [9.17, 15) is 9.59 Å². The topological polar surface area (TPSA) is 64.0 Å². The zero-order valence-corrected chi connectivity index (χ0v) is 15.5. The molecule has 3 rings (SSSR count). The molecule has 0 aliphatic heterocycles. The van der Waals surface area contributed by atoms with E-state index in [1.807, 2.05) is 6.07 Å². The van der Waals surface area contributed by atoms with Gasteiger partial charge in [-0.3, -0.25) is 14.2 Å². The Balaban J connectivity index is 1.78. The molecule has 2 aromatic carbocycles. The summed E-state index contributed by atoms with van der Waals surface area (Å²) in [6, 6.07) is 12.1. The summed E-state index contributed by atoms with van der Waals surface area (Å²) in [6.45, 7) is 0. The van der Waals surface area contributed by atoms with Gasteiger partial charge in [0.15, 0.2) is 5.16 Å². The normalized spacial score (nSPS) is 10.8. The molecule has 0 aliphatic carbocycles. The molecule has 1 N–H and O–H groups in total. The van der Waals surface area contributed by atoms with Crippen LogP contribution in [-0.4, -0.2) is 21.2 Å². The van der Waals surface area contributed by atoms with Crippen LogP contribution in [0, 0.1) is 0 Å². The number of nitrogens with zero attached hydrogens (tertiary/aromatic N) is 2. The lowest BCUT2D eigenvalue weighted by atomic mass is 10.2. The van der Waals surface area contributed by atoms with Gasteiger partial charge in [0.2, 0.25) is 5.91 Å². The van der Waals surface area contributed by atoms with E-state index in [0.29, 0.717) is 31.8 Å². The van der Waals surface area contributed by atoms with Crippen molar-refractivity contribution in [3.63, 3.8) is 0 Å². The summed E-state index contributed by atoms with van der Waals surface area (Å²) in [6.07, 6.45) is 0. The van der Waals surface area contributed by atoms with Crippen molar-refractivity contribution in [3.8, 4) is 0 Å². The number of benzene rings is 2. The van der Waals surface area contributed by atoms with Crippen LogP contribution in [0.25, 0.3) is 10.9 Å². The molecule has 0 bridgehead atoms. The SMILES string of the molecule is Cn1c(SCC(=O)Nc2c(Cl)cccc2Cl)nc2ccccc2c1=O. The first-order chi connectivity index (χ1) is 12.0.